The number of Topliss-reactive ketones (excluding diaryl/α,β-unsaturated/α-hetero) is 1. The number of amides is 2. The van der Waals surface area contributed by atoms with Crippen molar-refractivity contribution in [2.45, 2.75) is 38.8 Å². The molecule has 160 valence electrons. The highest BCUT2D eigenvalue weighted by Crippen LogP contribution is 2.30. The van der Waals surface area contributed by atoms with Crippen LogP contribution in [0.25, 0.3) is 0 Å². The van der Waals surface area contributed by atoms with Crippen LogP contribution in [0, 0.1) is 24.1 Å². The van der Waals surface area contributed by atoms with E-state index in [1.165, 1.54) is 12.1 Å². The minimum absolute atomic E-state index is 0.183. The van der Waals surface area contributed by atoms with E-state index in [1.807, 2.05) is 0 Å². The summed E-state index contributed by atoms with van der Waals surface area (Å²) in [6.45, 7) is 4.66. The van der Waals surface area contributed by atoms with Crippen LogP contribution in [0.2, 0.25) is 0 Å². The predicted octanol–water partition coefficient (Wildman–Crippen LogP) is 2.09. The third-order valence-corrected chi connectivity index (χ3v) is 5.66. The molecular formula is C22H21FN4O4. The lowest BCUT2D eigenvalue weighted by atomic mass is 9.99. The molecule has 2 aromatic rings. The van der Waals surface area contributed by atoms with Crippen LogP contribution in [0.5, 0.6) is 0 Å². The Hall–Kier alpha value is -3.51. The molecule has 1 fully saturated rings. The predicted molar refractivity (Wildman–Crippen MR) is 108 cm³/mol. The van der Waals surface area contributed by atoms with E-state index in [9.17, 15) is 18.8 Å². The standard InChI is InChI=1S/C22H21FN4O4/c1-12-17(20(29)25-14-5-6-15(23)13(8-14)9-24)16-4-3-7-27(16)18(12)19(28)21(30)26-22(2)10-31-11-22/h5-6,8H,3-4,7,10-11H2,1-2H3,(H,25,29)(H,26,30). The average molecular weight is 424 g/mol. The molecule has 1 aromatic heterocycles. The number of carbonyl (C=O) groups is 3. The van der Waals surface area contributed by atoms with E-state index in [2.05, 4.69) is 10.6 Å². The normalized spacial score (nSPS) is 16.1. The molecule has 8 nitrogen and oxygen atoms in total. The van der Waals surface area contributed by atoms with Crippen LogP contribution < -0.4 is 10.6 Å². The molecule has 2 amide bonds. The molecule has 0 bridgehead atoms. The molecule has 0 spiro atoms. The maximum atomic E-state index is 13.6. The summed E-state index contributed by atoms with van der Waals surface area (Å²) in [6.07, 6.45) is 1.34. The second-order valence-electron chi connectivity index (χ2n) is 8.15. The van der Waals surface area contributed by atoms with E-state index >= 15 is 0 Å². The topological polar surface area (TPSA) is 113 Å². The number of nitriles is 1. The maximum absolute atomic E-state index is 13.6. The van der Waals surface area contributed by atoms with Gasteiger partial charge in [-0.2, -0.15) is 5.26 Å². The molecule has 1 aromatic carbocycles. The molecule has 0 radical (unpaired) electrons. The number of carbonyl (C=O) groups excluding carboxylic acids is 3. The van der Waals surface area contributed by atoms with Gasteiger partial charge in [0.1, 0.15) is 11.9 Å². The molecule has 1 saturated heterocycles. The van der Waals surface area contributed by atoms with Crippen molar-refractivity contribution < 1.29 is 23.5 Å². The smallest absolute Gasteiger partial charge is 0.294 e. The first-order valence-electron chi connectivity index (χ1n) is 9.91. The summed E-state index contributed by atoms with van der Waals surface area (Å²) in [7, 11) is 0. The molecule has 0 atom stereocenters. The Morgan fingerprint density at radius 1 is 1.29 bits per heavy atom. The van der Waals surface area contributed by atoms with Gasteiger partial charge in [-0.1, -0.05) is 0 Å². The third-order valence-electron chi connectivity index (χ3n) is 5.66. The average Bonchev–Trinajstić information content (AvgIpc) is 3.27. The van der Waals surface area contributed by atoms with Gasteiger partial charge < -0.3 is 19.9 Å². The van der Waals surface area contributed by atoms with Gasteiger partial charge in [-0.25, -0.2) is 4.39 Å². The number of aromatic nitrogens is 1. The zero-order valence-corrected chi connectivity index (χ0v) is 17.2. The highest BCUT2D eigenvalue weighted by molar-refractivity contribution is 6.43. The van der Waals surface area contributed by atoms with E-state index in [0.717, 1.165) is 12.5 Å². The number of hydrogen-bond donors (Lipinski definition) is 2. The molecule has 0 aliphatic carbocycles. The zero-order chi connectivity index (χ0) is 22.3. The van der Waals surface area contributed by atoms with Gasteiger partial charge in [0.2, 0.25) is 0 Å². The Morgan fingerprint density at radius 2 is 2.03 bits per heavy atom. The fourth-order valence-corrected chi connectivity index (χ4v) is 4.11. The van der Waals surface area contributed by atoms with Crippen molar-refractivity contribution in [2.24, 2.45) is 0 Å². The molecule has 9 heteroatoms. The number of ether oxygens (including phenoxy) is 1. The van der Waals surface area contributed by atoms with Gasteiger partial charge in [-0.15, -0.1) is 0 Å². The molecule has 31 heavy (non-hydrogen) atoms. The zero-order valence-electron chi connectivity index (χ0n) is 17.2. The Bertz CT molecular complexity index is 1160. The van der Waals surface area contributed by atoms with Crippen molar-refractivity contribution in [1.82, 2.24) is 9.88 Å². The fraction of sp³-hybridized carbons (Fsp3) is 0.364. The maximum Gasteiger partial charge on any atom is 0.294 e. The van der Waals surface area contributed by atoms with Crippen LogP contribution in [-0.4, -0.2) is 40.9 Å². The second-order valence-corrected chi connectivity index (χ2v) is 8.15. The van der Waals surface area contributed by atoms with E-state index in [0.29, 0.717) is 43.0 Å². The summed E-state index contributed by atoms with van der Waals surface area (Å²) in [5, 5.41) is 14.4. The minimum atomic E-state index is -0.731. The Labute approximate surface area is 178 Å². The van der Waals surface area contributed by atoms with Crippen LogP contribution in [0.3, 0.4) is 0 Å². The first-order chi connectivity index (χ1) is 14.7. The highest BCUT2D eigenvalue weighted by atomic mass is 19.1. The van der Waals surface area contributed by atoms with Crippen molar-refractivity contribution in [1.29, 1.82) is 5.26 Å². The molecule has 3 heterocycles. The van der Waals surface area contributed by atoms with Gasteiger partial charge in [0.05, 0.1) is 35.6 Å². The summed E-state index contributed by atoms with van der Waals surface area (Å²) < 4.78 is 20.4. The van der Waals surface area contributed by atoms with Crippen LogP contribution in [0.4, 0.5) is 10.1 Å². The Balaban J connectivity index is 1.64. The molecule has 0 saturated carbocycles. The lowest BCUT2D eigenvalue weighted by molar-refractivity contribution is -0.126. The molecule has 2 aliphatic rings. The van der Waals surface area contributed by atoms with Gasteiger partial charge in [0.15, 0.2) is 0 Å². The highest BCUT2D eigenvalue weighted by Gasteiger charge is 2.39. The number of rotatable bonds is 5. The molecular weight excluding hydrogens is 403 g/mol. The number of benzene rings is 1. The van der Waals surface area contributed by atoms with Crippen molar-refractivity contribution in [3.8, 4) is 6.07 Å². The number of anilines is 1. The number of fused-ring (bicyclic) bond motifs is 1. The van der Waals surface area contributed by atoms with Crippen molar-refractivity contribution in [3.63, 3.8) is 0 Å². The number of hydrogen-bond acceptors (Lipinski definition) is 5. The third kappa shape index (κ3) is 3.59. The number of nitrogens with zero attached hydrogens (tertiary/aromatic N) is 2. The van der Waals surface area contributed by atoms with Crippen molar-refractivity contribution in [3.05, 3.63) is 52.1 Å². The van der Waals surface area contributed by atoms with E-state index in [-0.39, 0.29) is 16.9 Å². The number of ketones is 1. The summed E-state index contributed by atoms with van der Waals surface area (Å²) in [5.74, 6) is -2.57. The van der Waals surface area contributed by atoms with Crippen molar-refractivity contribution in [2.75, 3.05) is 18.5 Å². The van der Waals surface area contributed by atoms with Crippen LogP contribution in [0.15, 0.2) is 18.2 Å². The molecule has 2 aliphatic heterocycles. The minimum Gasteiger partial charge on any atom is -0.376 e. The monoisotopic (exact) mass is 424 g/mol. The quantitative estimate of drug-likeness (QED) is 0.564. The number of nitrogens with one attached hydrogen (secondary N) is 2. The first kappa shape index (κ1) is 20.8. The van der Waals surface area contributed by atoms with Crippen LogP contribution in [-0.2, 0) is 22.5 Å². The van der Waals surface area contributed by atoms with Crippen LogP contribution in [0.1, 0.15) is 51.0 Å². The van der Waals surface area contributed by atoms with Gasteiger partial charge >= 0.3 is 0 Å². The van der Waals surface area contributed by atoms with Gasteiger partial charge in [0, 0.05) is 17.9 Å². The summed E-state index contributed by atoms with van der Waals surface area (Å²) in [4.78, 5) is 38.6. The van der Waals surface area contributed by atoms with Crippen molar-refractivity contribution >= 4 is 23.3 Å². The Kier molecular flexibility index (Phi) is 5.11. The fourth-order valence-electron chi connectivity index (χ4n) is 4.11. The molecule has 4 rings (SSSR count). The summed E-state index contributed by atoms with van der Waals surface area (Å²) >= 11 is 0. The SMILES string of the molecule is Cc1c(C(=O)Nc2ccc(F)c(C#N)c2)c2n(c1C(=O)C(=O)NC1(C)COC1)CCC2. The van der Waals surface area contributed by atoms with Gasteiger partial charge in [0.25, 0.3) is 17.6 Å². The van der Waals surface area contributed by atoms with Gasteiger partial charge in [-0.05, 0) is 50.5 Å². The summed E-state index contributed by atoms with van der Waals surface area (Å²) in [5.41, 5.74) is 1.16. The molecule has 0 unspecified atom stereocenters. The Morgan fingerprint density at radius 3 is 2.68 bits per heavy atom. The molecule has 2 N–H and O–H groups in total. The first-order valence-corrected chi connectivity index (χ1v) is 9.91. The largest absolute Gasteiger partial charge is 0.376 e. The number of halogens is 1. The van der Waals surface area contributed by atoms with E-state index < -0.39 is 29.0 Å². The van der Waals surface area contributed by atoms with E-state index in [1.54, 1.807) is 24.5 Å². The van der Waals surface area contributed by atoms with Crippen LogP contribution >= 0.6 is 0 Å². The lowest BCUT2D eigenvalue weighted by Crippen LogP contribution is -2.61. The second kappa shape index (κ2) is 7.63. The lowest BCUT2D eigenvalue weighted by Gasteiger charge is -2.38. The van der Waals surface area contributed by atoms with E-state index in [4.69, 9.17) is 10.00 Å². The van der Waals surface area contributed by atoms with Gasteiger partial charge in [-0.3, -0.25) is 14.4 Å². The summed E-state index contributed by atoms with van der Waals surface area (Å²) in [6, 6.07) is 5.45.